The zero-order chi connectivity index (χ0) is 24.3. The predicted molar refractivity (Wildman–Crippen MR) is 137 cm³/mol. The van der Waals surface area contributed by atoms with Crippen LogP contribution in [-0.2, 0) is 9.59 Å². The van der Waals surface area contributed by atoms with E-state index in [9.17, 15) is 14.9 Å². The summed E-state index contributed by atoms with van der Waals surface area (Å²) >= 11 is 2.30. The number of thioether (sulfide) groups is 1. The van der Waals surface area contributed by atoms with E-state index in [-0.39, 0.29) is 22.3 Å². The summed E-state index contributed by atoms with van der Waals surface area (Å²) in [5.74, 6) is -0.385. The average molecular weight is 494 g/mol. The number of hydrogen-bond acceptors (Lipinski definition) is 8. The lowest BCUT2D eigenvalue weighted by atomic mass is 10.2. The third kappa shape index (κ3) is 6.84. The second-order valence-corrected chi connectivity index (χ2v) is 8.69. The summed E-state index contributed by atoms with van der Waals surface area (Å²) in [4.78, 5) is 29.5. The zero-order valence-corrected chi connectivity index (χ0v) is 20.3. The molecule has 0 fully saturated rings. The van der Waals surface area contributed by atoms with Gasteiger partial charge in [0.25, 0.3) is 5.91 Å². The molecule has 0 saturated heterocycles. The Morgan fingerprint density at radius 3 is 2.50 bits per heavy atom. The first-order valence-corrected chi connectivity index (χ1v) is 12.2. The summed E-state index contributed by atoms with van der Waals surface area (Å²) in [7, 11) is 0. The van der Waals surface area contributed by atoms with Gasteiger partial charge in [0.2, 0.25) is 5.91 Å². The molecule has 0 bridgehead atoms. The van der Waals surface area contributed by atoms with E-state index in [0.29, 0.717) is 23.2 Å². The van der Waals surface area contributed by atoms with Gasteiger partial charge in [-0.1, -0.05) is 42.1 Å². The number of aromatic nitrogens is 1. The van der Waals surface area contributed by atoms with Crippen molar-refractivity contribution in [2.75, 3.05) is 28.3 Å². The van der Waals surface area contributed by atoms with Crippen molar-refractivity contribution in [2.45, 2.75) is 13.8 Å². The van der Waals surface area contributed by atoms with Crippen molar-refractivity contribution in [3.63, 3.8) is 0 Å². The van der Waals surface area contributed by atoms with Crippen molar-refractivity contribution >= 4 is 51.4 Å². The van der Waals surface area contributed by atoms with Crippen molar-refractivity contribution in [1.82, 2.24) is 4.98 Å². The van der Waals surface area contributed by atoms with Crippen LogP contribution in [0, 0.1) is 18.3 Å². The Balaban J connectivity index is 1.81. The van der Waals surface area contributed by atoms with E-state index in [0.717, 1.165) is 23.0 Å². The molecule has 0 saturated carbocycles. The van der Waals surface area contributed by atoms with Crippen LogP contribution in [0.3, 0.4) is 0 Å². The Morgan fingerprint density at radius 2 is 1.82 bits per heavy atom. The first-order chi connectivity index (χ1) is 16.5. The van der Waals surface area contributed by atoms with Crippen molar-refractivity contribution in [3.8, 4) is 11.8 Å². The Hall–Kier alpha value is -3.81. The van der Waals surface area contributed by atoms with Gasteiger partial charge < -0.3 is 15.4 Å². The number of rotatable bonds is 10. The van der Waals surface area contributed by atoms with Crippen LogP contribution >= 0.6 is 23.1 Å². The van der Waals surface area contributed by atoms with Crippen LogP contribution in [0.4, 0.5) is 16.5 Å². The second kappa shape index (κ2) is 12.4. The Morgan fingerprint density at radius 1 is 1.09 bits per heavy atom. The van der Waals surface area contributed by atoms with Crippen LogP contribution in [0.25, 0.3) is 0 Å². The molecule has 0 aliphatic carbocycles. The standard InChI is InChI=1S/C24H23N5O3S2/c1-3-32-20-11-7-6-10-19(20)27-21(30)15-34-23(28-18-9-5-4-8-16(18)2)17(14-25)22(31)29-24-26-12-13-33-24/h4-13,28H,3,15H2,1-2H3,(H,27,30)(H,26,29,31). The molecule has 0 aliphatic heterocycles. The van der Waals surface area contributed by atoms with Gasteiger partial charge in [-0.3, -0.25) is 14.9 Å². The maximum Gasteiger partial charge on any atom is 0.270 e. The molecule has 0 unspecified atom stereocenters. The van der Waals surface area contributed by atoms with Crippen molar-refractivity contribution in [3.05, 3.63) is 76.3 Å². The van der Waals surface area contributed by atoms with E-state index >= 15 is 0 Å². The van der Waals surface area contributed by atoms with Gasteiger partial charge in [-0.15, -0.1) is 11.3 Å². The molecular weight excluding hydrogens is 470 g/mol. The van der Waals surface area contributed by atoms with Crippen LogP contribution in [0.2, 0.25) is 0 Å². The summed E-state index contributed by atoms with van der Waals surface area (Å²) in [5, 5.41) is 20.7. The van der Waals surface area contributed by atoms with Crippen LogP contribution in [0.15, 0.2) is 70.7 Å². The van der Waals surface area contributed by atoms with Gasteiger partial charge in [0.05, 0.1) is 23.1 Å². The molecule has 2 aromatic carbocycles. The molecular formula is C24H23N5O3S2. The number of ether oxygens (including phenoxy) is 1. The fraction of sp³-hybridized carbons (Fsp3) is 0.167. The van der Waals surface area contributed by atoms with Gasteiger partial charge in [-0.05, 0) is 37.6 Å². The van der Waals surface area contributed by atoms with Crippen molar-refractivity contribution in [1.29, 1.82) is 5.26 Å². The molecule has 2 amide bonds. The lowest BCUT2D eigenvalue weighted by molar-refractivity contribution is -0.114. The first kappa shape index (κ1) is 24.8. The molecule has 0 radical (unpaired) electrons. The SMILES string of the molecule is CCOc1ccccc1NC(=O)CSC(Nc1ccccc1C)=C(C#N)C(=O)Nc1nccs1. The first-order valence-electron chi connectivity index (χ1n) is 10.3. The molecule has 34 heavy (non-hydrogen) atoms. The highest BCUT2D eigenvalue weighted by atomic mass is 32.2. The number of carbonyl (C=O) groups is 2. The molecule has 8 nitrogen and oxygen atoms in total. The molecule has 3 aromatic rings. The molecule has 3 N–H and O–H groups in total. The molecule has 0 atom stereocenters. The number of thiazole rings is 1. The maximum atomic E-state index is 12.8. The number of amides is 2. The molecule has 174 valence electrons. The van der Waals surface area contributed by atoms with E-state index in [1.54, 1.807) is 29.8 Å². The highest BCUT2D eigenvalue weighted by molar-refractivity contribution is 8.03. The number of nitrogens with zero attached hydrogens (tertiary/aromatic N) is 2. The maximum absolute atomic E-state index is 12.8. The quantitative estimate of drug-likeness (QED) is 0.269. The van der Waals surface area contributed by atoms with Crippen LogP contribution in [0.1, 0.15) is 12.5 Å². The number of benzene rings is 2. The summed E-state index contributed by atoms with van der Waals surface area (Å²) in [6, 6.07) is 16.6. The number of nitrogens with one attached hydrogen (secondary N) is 3. The van der Waals surface area contributed by atoms with E-state index in [1.165, 1.54) is 11.3 Å². The zero-order valence-electron chi connectivity index (χ0n) is 18.6. The fourth-order valence-electron chi connectivity index (χ4n) is 2.83. The molecule has 1 aromatic heterocycles. The topological polar surface area (TPSA) is 116 Å². The molecule has 0 aliphatic rings. The normalized spacial score (nSPS) is 11.1. The minimum Gasteiger partial charge on any atom is -0.492 e. The largest absolute Gasteiger partial charge is 0.492 e. The summed E-state index contributed by atoms with van der Waals surface area (Å²) in [6.45, 7) is 4.24. The third-order valence-corrected chi connectivity index (χ3v) is 6.11. The monoisotopic (exact) mass is 493 g/mol. The summed E-state index contributed by atoms with van der Waals surface area (Å²) in [6.07, 6.45) is 1.56. The van der Waals surface area contributed by atoms with Gasteiger partial charge in [0.15, 0.2) is 5.13 Å². The highest BCUT2D eigenvalue weighted by Gasteiger charge is 2.19. The lowest BCUT2D eigenvalue weighted by Crippen LogP contribution is -2.19. The Bertz CT molecular complexity index is 1220. The minimum atomic E-state index is -0.608. The number of hydrogen-bond donors (Lipinski definition) is 3. The van der Waals surface area contributed by atoms with E-state index in [4.69, 9.17) is 4.74 Å². The van der Waals surface area contributed by atoms with Gasteiger partial charge in [-0.2, -0.15) is 5.26 Å². The van der Waals surface area contributed by atoms with E-state index in [1.807, 2.05) is 50.2 Å². The molecule has 0 spiro atoms. The van der Waals surface area contributed by atoms with E-state index < -0.39 is 5.91 Å². The Labute approximate surface area is 206 Å². The smallest absolute Gasteiger partial charge is 0.270 e. The lowest BCUT2D eigenvalue weighted by Gasteiger charge is -2.15. The van der Waals surface area contributed by atoms with Crippen molar-refractivity contribution in [2.24, 2.45) is 0 Å². The highest BCUT2D eigenvalue weighted by Crippen LogP contribution is 2.27. The van der Waals surface area contributed by atoms with E-state index in [2.05, 4.69) is 20.9 Å². The summed E-state index contributed by atoms with van der Waals surface area (Å²) < 4.78 is 5.55. The molecule has 1 heterocycles. The van der Waals surface area contributed by atoms with Gasteiger partial charge >= 0.3 is 0 Å². The second-order valence-electron chi connectivity index (χ2n) is 6.81. The number of anilines is 3. The van der Waals surface area contributed by atoms with Crippen LogP contribution < -0.4 is 20.7 Å². The number of para-hydroxylation sites is 3. The number of aryl methyl sites for hydroxylation is 1. The summed E-state index contributed by atoms with van der Waals surface area (Å²) in [5.41, 5.74) is 2.05. The number of nitriles is 1. The predicted octanol–water partition coefficient (Wildman–Crippen LogP) is 5.01. The van der Waals surface area contributed by atoms with Crippen LogP contribution in [0.5, 0.6) is 5.75 Å². The average Bonchev–Trinajstić information content (AvgIpc) is 3.33. The van der Waals surface area contributed by atoms with Gasteiger partial charge in [-0.25, -0.2) is 4.98 Å². The number of carbonyl (C=O) groups excluding carboxylic acids is 2. The minimum absolute atomic E-state index is 0.0373. The Kier molecular flexibility index (Phi) is 9.08. The van der Waals surface area contributed by atoms with Crippen LogP contribution in [-0.4, -0.2) is 29.2 Å². The fourth-order valence-corrected chi connectivity index (χ4v) is 4.17. The van der Waals surface area contributed by atoms with Crippen molar-refractivity contribution < 1.29 is 14.3 Å². The molecule has 10 heteroatoms. The molecule has 3 rings (SSSR count). The van der Waals surface area contributed by atoms with Gasteiger partial charge in [0.1, 0.15) is 17.4 Å². The third-order valence-electron chi connectivity index (χ3n) is 4.42. The van der Waals surface area contributed by atoms with Gasteiger partial charge in [0, 0.05) is 17.3 Å².